The van der Waals surface area contributed by atoms with Crippen LogP contribution in [-0.4, -0.2) is 23.0 Å². The molecular weight excluding hydrogens is 202 g/mol. The summed E-state index contributed by atoms with van der Waals surface area (Å²) in [5.41, 5.74) is 6.11. The van der Waals surface area contributed by atoms with Crippen molar-refractivity contribution in [3.8, 4) is 0 Å². The van der Waals surface area contributed by atoms with Gasteiger partial charge in [-0.1, -0.05) is 0 Å². The molecule has 14 heavy (non-hydrogen) atoms. The van der Waals surface area contributed by atoms with E-state index in [1.165, 1.54) is 0 Å². The van der Waals surface area contributed by atoms with E-state index in [0.29, 0.717) is 22.8 Å². The van der Waals surface area contributed by atoms with Gasteiger partial charge in [-0.25, -0.2) is 0 Å². The van der Waals surface area contributed by atoms with Crippen LogP contribution in [0.1, 0.15) is 0 Å². The SMILES string of the molecule is Nc1ccc(S(=O)CCOC=O)cc1. The van der Waals surface area contributed by atoms with E-state index in [4.69, 9.17) is 5.73 Å². The minimum Gasteiger partial charge on any atom is -0.467 e. The molecule has 1 aromatic rings. The fourth-order valence-electron chi connectivity index (χ4n) is 0.909. The Bertz CT molecular complexity index is 323. The molecule has 0 amide bonds. The Kier molecular flexibility index (Phi) is 4.12. The molecule has 76 valence electrons. The largest absolute Gasteiger partial charge is 0.467 e. The molecule has 1 aromatic carbocycles. The molecule has 5 heteroatoms. The fourth-order valence-corrected chi connectivity index (χ4v) is 1.83. The maximum absolute atomic E-state index is 11.5. The predicted molar refractivity (Wildman–Crippen MR) is 54.1 cm³/mol. The van der Waals surface area contributed by atoms with E-state index in [-0.39, 0.29) is 6.61 Å². The minimum absolute atomic E-state index is 0.167. The van der Waals surface area contributed by atoms with Crippen LogP contribution in [-0.2, 0) is 20.3 Å². The number of carbonyl (C=O) groups is 1. The molecule has 0 fully saturated rings. The van der Waals surface area contributed by atoms with E-state index in [2.05, 4.69) is 4.74 Å². The van der Waals surface area contributed by atoms with Gasteiger partial charge < -0.3 is 10.5 Å². The molecule has 0 bridgehead atoms. The standard InChI is InChI=1S/C9H11NO3S/c10-8-1-3-9(4-2-8)14(12)6-5-13-7-11/h1-4,7H,5-6,10H2. The van der Waals surface area contributed by atoms with Gasteiger partial charge in [0.25, 0.3) is 6.47 Å². The van der Waals surface area contributed by atoms with Crippen molar-refractivity contribution in [1.82, 2.24) is 0 Å². The zero-order valence-corrected chi connectivity index (χ0v) is 8.33. The number of carbonyl (C=O) groups excluding carboxylic acids is 1. The van der Waals surface area contributed by atoms with Gasteiger partial charge in [0.1, 0.15) is 6.61 Å². The Morgan fingerprint density at radius 1 is 1.36 bits per heavy atom. The van der Waals surface area contributed by atoms with Crippen molar-refractivity contribution in [1.29, 1.82) is 0 Å². The Hall–Kier alpha value is -1.36. The van der Waals surface area contributed by atoms with Crippen LogP contribution in [0.5, 0.6) is 0 Å². The third-order valence-electron chi connectivity index (χ3n) is 1.60. The highest BCUT2D eigenvalue weighted by Gasteiger charge is 2.02. The normalized spacial score (nSPS) is 12.0. The van der Waals surface area contributed by atoms with Crippen molar-refractivity contribution < 1.29 is 13.7 Å². The van der Waals surface area contributed by atoms with Crippen molar-refractivity contribution in [2.45, 2.75) is 4.90 Å². The van der Waals surface area contributed by atoms with Gasteiger partial charge >= 0.3 is 0 Å². The summed E-state index contributed by atoms with van der Waals surface area (Å²) in [6.07, 6.45) is 0. The molecule has 0 saturated heterocycles. The van der Waals surface area contributed by atoms with Crippen molar-refractivity contribution in [2.24, 2.45) is 0 Å². The summed E-state index contributed by atoms with van der Waals surface area (Å²) >= 11 is 0. The molecule has 0 heterocycles. The minimum atomic E-state index is -1.13. The van der Waals surface area contributed by atoms with Crippen LogP contribution in [0.15, 0.2) is 29.2 Å². The monoisotopic (exact) mass is 213 g/mol. The predicted octanol–water partition coefficient (Wildman–Crippen LogP) is 0.549. The number of nitrogen functional groups attached to an aromatic ring is 1. The average molecular weight is 213 g/mol. The number of benzene rings is 1. The first-order chi connectivity index (χ1) is 6.74. The molecule has 0 radical (unpaired) electrons. The first-order valence-corrected chi connectivity index (χ1v) is 5.35. The lowest BCUT2D eigenvalue weighted by Gasteiger charge is -2.01. The zero-order valence-electron chi connectivity index (χ0n) is 7.51. The maximum Gasteiger partial charge on any atom is 0.293 e. The van der Waals surface area contributed by atoms with E-state index in [0.717, 1.165) is 0 Å². The third-order valence-corrected chi connectivity index (χ3v) is 2.93. The zero-order chi connectivity index (χ0) is 10.4. The lowest BCUT2D eigenvalue weighted by Crippen LogP contribution is -2.05. The summed E-state index contributed by atoms with van der Waals surface area (Å²) in [5.74, 6) is 0.308. The number of ether oxygens (including phenoxy) is 1. The summed E-state index contributed by atoms with van der Waals surface area (Å²) in [6, 6.07) is 6.78. The Morgan fingerprint density at radius 2 is 2.00 bits per heavy atom. The molecule has 0 aromatic heterocycles. The molecule has 0 aliphatic heterocycles. The number of hydrogen-bond donors (Lipinski definition) is 1. The first-order valence-electron chi connectivity index (χ1n) is 4.03. The molecular formula is C9H11NO3S. The van der Waals surface area contributed by atoms with Crippen LogP contribution in [0, 0.1) is 0 Å². The molecule has 0 saturated carbocycles. The van der Waals surface area contributed by atoms with Crippen molar-refractivity contribution in [2.75, 3.05) is 18.1 Å². The van der Waals surface area contributed by atoms with Crippen LogP contribution in [0.3, 0.4) is 0 Å². The second-order valence-electron chi connectivity index (χ2n) is 2.59. The van der Waals surface area contributed by atoms with E-state index >= 15 is 0 Å². The smallest absolute Gasteiger partial charge is 0.293 e. The molecule has 0 aliphatic carbocycles. The van der Waals surface area contributed by atoms with Crippen molar-refractivity contribution in [3.05, 3.63) is 24.3 Å². The molecule has 0 aliphatic rings. The summed E-state index contributed by atoms with van der Waals surface area (Å²) in [4.78, 5) is 10.5. The van der Waals surface area contributed by atoms with Gasteiger partial charge in [0, 0.05) is 10.6 Å². The van der Waals surface area contributed by atoms with Crippen LogP contribution in [0.4, 0.5) is 5.69 Å². The summed E-state index contributed by atoms with van der Waals surface area (Å²) in [5, 5.41) is 0. The lowest BCUT2D eigenvalue weighted by molar-refractivity contribution is -0.128. The lowest BCUT2D eigenvalue weighted by atomic mass is 10.3. The van der Waals surface area contributed by atoms with Gasteiger partial charge in [-0.3, -0.25) is 9.00 Å². The quantitative estimate of drug-likeness (QED) is 0.440. The molecule has 4 nitrogen and oxygen atoms in total. The van der Waals surface area contributed by atoms with E-state index < -0.39 is 10.8 Å². The third kappa shape index (κ3) is 3.18. The van der Waals surface area contributed by atoms with Crippen LogP contribution in [0.25, 0.3) is 0 Å². The molecule has 0 spiro atoms. The van der Waals surface area contributed by atoms with Crippen LogP contribution < -0.4 is 5.73 Å². The van der Waals surface area contributed by atoms with Gasteiger partial charge in [0.15, 0.2) is 0 Å². The number of anilines is 1. The van der Waals surface area contributed by atoms with Gasteiger partial charge in [0.05, 0.1) is 16.6 Å². The second kappa shape index (κ2) is 5.39. The Balaban J connectivity index is 2.52. The average Bonchev–Trinajstić information content (AvgIpc) is 2.19. The number of hydrogen-bond acceptors (Lipinski definition) is 4. The summed E-state index contributed by atoms with van der Waals surface area (Å²) < 4.78 is 16.0. The topological polar surface area (TPSA) is 69.4 Å². The summed E-state index contributed by atoms with van der Waals surface area (Å²) in [6.45, 7) is 0.515. The first kappa shape index (κ1) is 10.7. The van der Waals surface area contributed by atoms with Crippen LogP contribution in [0.2, 0.25) is 0 Å². The van der Waals surface area contributed by atoms with E-state index in [1.54, 1.807) is 24.3 Å². The number of rotatable bonds is 5. The fraction of sp³-hybridized carbons (Fsp3) is 0.222. The van der Waals surface area contributed by atoms with Gasteiger partial charge in [-0.2, -0.15) is 0 Å². The van der Waals surface area contributed by atoms with Crippen LogP contribution >= 0.6 is 0 Å². The van der Waals surface area contributed by atoms with E-state index in [1.807, 2.05) is 0 Å². The molecule has 2 N–H and O–H groups in total. The summed E-state index contributed by atoms with van der Waals surface area (Å²) in [7, 11) is -1.13. The Morgan fingerprint density at radius 3 is 2.57 bits per heavy atom. The molecule has 1 rings (SSSR count). The van der Waals surface area contributed by atoms with Gasteiger partial charge in [-0.05, 0) is 24.3 Å². The number of nitrogens with two attached hydrogens (primary N) is 1. The highest BCUT2D eigenvalue weighted by atomic mass is 32.2. The molecule has 1 atom stereocenters. The maximum atomic E-state index is 11.5. The Labute approximate surface area is 84.5 Å². The highest BCUT2D eigenvalue weighted by Crippen LogP contribution is 2.09. The van der Waals surface area contributed by atoms with E-state index in [9.17, 15) is 9.00 Å². The van der Waals surface area contributed by atoms with Crippen molar-refractivity contribution >= 4 is 23.0 Å². The van der Waals surface area contributed by atoms with Gasteiger partial charge in [0.2, 0.25) is 0 Å². The second-order valence-corrected chi connectivity index (χ2v) is 4.16. The van der Waals surface area contributed by atoms with Gasteiger partial charge in [-0.15, -0.1) is 0 Å². The van der Waals surface area contributed by atoms with Crippen molar-refractivity contribution in [3.63, 3.8) is 0 Å². The molecule has 1 unspecified atom stereocenters. The highest BCUT2D eigenvalue weighted by molar-refractivity contribution is 7.85.